The van der Waals surface area contributed by atoms with Gasteiger partial charge in [0.1, 0.15) is 11.9 Å². The first-order valence-corrected chi connectivity index (χ1v) is 3.81. The summed E-state index contributed by atoms with van der Waals surface area (Å²) in [4.78, 5) is 0. The average molecular weight is 165 g/mol. The molecule has 0 bridgehead atoms. The largest absolute Gasteiger partial charge is 0.470 e. The van der Waals surface area contributed by atoms with Gasteiger partial charge >= 0.3 is 0 Å². The Hall–Kier alpha value is -1.26. The first-order chi connectivity index (χ1) is 5.77. The van der Waals surface area contributed by atoms with Crippen LogP contribution in [0.2, 0.25) is 0 Å². The average Bonchev–Trinajstić information content (AvgIpc) is 2.07. The van der Waals surface area contributed by atoms with Crippen molar-refractivity contribution in [3.05, 3.63) is 24.3 Å². The highest BCUT2D eigenvalue weighted by molar-refractivity contribution is 5.58. The third-order valence-electron chi connectivity index (χ3n) is 1.83. The fourth-order valence-electron chi connectivity index (χ4n) is 1.17. The quantitative estimate of drug-likeness (QED) is 0.508. The van der Waals surface area contributed by atoms with Crippen LogP contribution in [0.3, 0.4) is 0 Å². The lowest BCUT2D eigenvalue weighted by atomic mass is 10.2. The van der Waals surface area contributed by atoms with Crippen molar-refractivity contribution in [3.8, 4) is 5.75 Å². The number of benzene rings is 1. The van der Waals surface area contributed by atoms with E-state index in [0.717, 1.165) is 11.4 Å². The van der Waals surface area contributed by atoms with Crippen molar-refractivity contribution in [3.63, 3.8) is 0 Å². The van der Waals surface area contributed by atoms with Crippen molar-refractivity contribution in [1.29, 1.82) is 0 Å². The van der Waals surface area contributed by atoms with Crippen LogP contribution in [0.15, 0.2) is 24.3 Å². The molecule has 0 radical (unpaired) electrons. The zero-order valence-corrected chi connectivity index (χ0v) is 6.53. The number of hydrogen-bond donors (Lipinski definition) is 3. The first kappa shape index (κ1) is 7.39. The molecule has 0 amide bonds. The molecule has 2 rings (SSSR count). The van der Waals surface area contributed by atoms with Crippen molar-refractivity contribution in [2.24, 2.45) is 11.5 Å². The Bertz CT molecular complexity index is 260. The van der Waals surface area contributed by atoms with Gasteiger partial charge in [-0.1, -0.05) is 12.1 Å². The summed E-state index contributed by atoms with van der Waals surface area (Å²) in [7, 11) is 0. The Morgan fingerprint density at radius 2 is 2.00 bits per heavy atom. The maximum Gasteiger partial charge on any atom is 0.181 e. The van der Waals surface area contributed by atoms with E-state index in [4.69, 9.17) is 16.2 Å². The van der Waals surface area contributed by atoms with E-state index in [-0.39, 0.29) is 6.17 Å². The standard InChI is InChI=1S/C8H11N3O/c9-7-8(10)12-6-4-2-1-3-5(6)11-7/h1-4,7-8,11H,9-10H2. The smallest absolute Gasteiger partial charge is 0.181 e. The van der Waals surface area contributed by atoms with Crippen molar-refractivity contribution >= 4 is 5.69 Å². The third-order valence-corrected chi connectivity index (χ3v) is 1.83. The van der Waals surface area contributed by atoms with Gasteiger partial charge in [-0.2, -0.15) is 0 Å². The molecule has 2 atom stereocenters. The topological polar surface area (TPSA) is 73.3 Å². The highest BCUT2D eigenvalue weighted by Gasteiger charge is 2.22. The highest BCUT2D eigenvalue weighted by atomic mass is 16.5. The van der Waals surface area contributed by atoms with Crippen LogP contribution in [0.1, 0.15) is 0 Å². The van der Waals surface area contributed by atoms with E-state index in [1.54, 1.807) is 0 Å². The number of para-hydroxylation sites is 2. The molecule has 0 spiro atoms. The first-order valence-electron chi connectivity index (χ1n) is 3.81. The Kier molecular flexibility index (Phi) is 1.64. The molecule has 0 aromatic heterocycles. The lowest BCUT2D eigenvalue weighted by molar-refractivity contribution is 0.177. The van der Waals surface area contributed by atoms with Crippen LogP contribution in [-0.2, 0) is 0 Å². The maximum absolute atomic E-state index is 5.63. The second-order valence-electron chi connectivity index (χ2n) is 2.75. The van der Waals surface area contributed by atoms with Crippen molar-refractivity contribution in [1.82, 2.24) is 0 Å². The molecule has 4 nitrogen and oxygen atoms in total. The summed E-state index contributed by atoms with van der Waals surface area (Å²) >= 11 is 0. The molecule has 5 N–H and O–H groups in total. The summed E-state index contributed by atoms with van der Waals surface area (Å²) in [5.74, 6) is 0.756. The van der Waals surface area contributed by atoms with Crippen LogP contribution in [0.25, 0.3) is 0 Å². The summed E-state index contributed by atoms with van der Waals surface area (Å²) < 4.78 is 5.33. The number of fused-ring (bicyclic) bond motifs is 1. The molecule has 64 valence electrons. The van der Waals surface area contributed by atoms with Crippen molar-refractivity contribution < 1.29 is 4.74 Å². The molecule has 0 saturated heterocycles. The monoisotopic (exact) mass is 165 g/mol. The van der Waals surface area contributed by atoms with E-state index < -0.39 is 6.23 Å². The fraction of sp³-hybridized carbons (Fsp3) is 0.250. The van der Waals surface area contributed by atoms with Crippen molar-refractivity contribution in [2.75, 3.05) is 5.32 Å². The molecule has 1 heterocycles. The van der Waals surface area contributed by atoms with Gasteiger partial charge in [-0.15, -0.1) is 0 Å². The predicted octanol–water partition coefficient (Wildman–Crippen LogP) is 0.0605. The van der Waals surface area contributed by atoms with Crippen LogP contribution in [0.4, 0.5) is 5.69 Å². The van der Waals surface area contributed by atoms with E-state index in [9.17, 15) is 0 Å². The van der Waals surface area contributed by atoms with Gasteiger partial charge < -0.3 is 15.8 Å². The molecule has 2 unspecified atom stereocenters. The molecule has 4 heteroatoms. The van der Waals surface area contributed by atoms with E-state index in [0.29, 0.717) is 0 Å². The number of rotatable bonds is 0. The van der Waals surface area contributed by atoms with E-state index >= 15 is 0 Å². The minimum Gasteiger partial charge on any atom is -0.470 e. The molecule has 1 aliphatic heterocycles. The second kappa shape index (κ2) is 2.66. The Labute approximate surface area is 70.5 Å². The lowest BCUT2D eigenvalue weighted by Crippen LogP contribution is -2.52. The van der Waals surface area contributed by atoms with Gasteiger partial charge in [0.15, 0.2) is 6.23 Å². The highest BCUT2D eigenvalue weighted by Crippen LogP contribution is 2.28. The number of hydrogen-bond acceptors (Lipinski definition) is 4. The molecule has 1 aliphatic rings. The van der Waals surface area contributed by atoms with Crippen LogP contribution < -0.4 is 21.5 Å². The van der Waals surface area contributed by atoms with Crippen LogP contribution in [-0.4, -0.2) is 12.4 Å². The van der Waals surface area contributed by atoms with Gasteiger partial charge in [-0.3, -0.25) is 5.73 Å². The lowest BCUT2D eigenvalue weighted by Gasteiger charge is -2.29. The molecule has 12 heavy (non-hydrogen) atoms. The van der Waals surface area contributed by atoms with Gasteiger partial charge in [0, 0.05) is 0 Å². The van der Waals surface area contributed by atoms with Crippen molar-refractivity contribution in [2.45, 2.75) is 12.4 Å². The number of anilines is 1. The minimum absolute atomic E-state index is 0.333. The Balaban J connectivity index is 2.34. The zero-order chi connectivity index (χ0) is 8.55. The van der Waals surface area contributed by atoms with E-state index in [1.165, 1.54) is 0 Å². The van der Waals surface area contributed by atoms with E-state index in [2.05, 4.69) is 5.32 Å². The molecule has 0 fully saturated rings. The number of nitrogens with two attached hydrogens (primary N) is 2. The summed E-state index contributed by atoms with van der Waals surface area (Å²) in [6.45, 7) is 0. The molecule has 0 saturated carbocycles. The minimum atomic E-state index is -0.472. The van der Waals surface area contributed by atoms with Gasteiger partial charge in [0.05, 0.1) is 5.69 Å². The summed E-state index contributed by atoms with van der Waals surface area (Å²) in [5, 5.41) is 3.04. The maximum atomic E-state index is 5.63. The Morgan fingerprint density at radius 1 is 1.25 bits per heavy atom. The molecule has 1 aromatic rings. The fourth-order valence-corrected chi connectivity index (χ4v) is 1.17. The van der Waals surface area contributed by atoms with Crippen LogP contribution in [0.5, 0.6) is 5.75 Å². The molecule has 1 aromatic carbocycles. The second-order valence-corrected chi connectivity index (χ2v) is 2.75. The Morgan fingerprint density at radius 3 is 2.83 bits per heavy atom. The number of ether oxygens (including phenoxy) is 1. The normalized spacial score (nSPS) is 26.8. The van der Waals surface area contributed by atoms with Gasteiger partial charge in [-0.05, 0) is 12.1 Å². The summed E-state index contributed by atoms with van der Waals surface area (Å²) in [6.07, 6.45) is -0.806. The number of nitrogens with one attached hydrogen (secondary N) is 1. The third kappa shape index (κ3) is 1.11. The van der Waals surface area contributed by atoms with Gasteiger partial charge in [-0.25, -0.2) is 0 Å². The van der Waals surface area contributed by atoms with Gasteiger partial charge in [0.2, 0.25) is 0 Å². The molecular formula is C8H11N3O. The summed E-state index contributed by atoms with van der Waals surface area (Å²) in [6, 6.07) is 7.57. The van der Waals surface area contributed by atoms with Crippen LogP contribution in [0, 0.1) is 0 Å². The SMILES string of the molecule is NC1Nc2ccccc2OC1N. The van der Waals surface area contributed by atoms with E-state index in [1.807, 2.05) is 24.3 Å². The molecular weight excluding hydrogens is 154 g/mol. The molecule has 0 aliphatic carbocycles. The van der Waals surface area contributed by atoms with Gasteiger partial charge in [0.25, 0.3) is 0 Å². The summed E-state index contributed by atoms with van der Waals surface area (Å²) in [5.41, 5.74) is 12.1. The zero-order valence-electron chi connectivity index (χ0n) is 6.53. The van der Waals surface area contributed by atoms with Crippen LogP contribution >= 0.6 is 0 Å². The predicted molar refractivity (Wildman–Crippen MR) is 46.6 cm³/mol.